The van der Waals surface area contributed by atoms with Crippen molar-refractivity contribution in [1.82, 2.24) is 4.90 Å². The monoisotopic (exact) mass is 300 g/mol. The molecule has 1 aliphatic rings. The van der Waals surface area contributed by atoms with Crippen LogP contribution >= 0.6 is 11.3 Å². The number of aryl methyl sites for hydroxylation is 1. The Morgan fingerprint density at radius 1 is 1.43 bits per heavy atom. The maximum Gasteiger partial charge on any atom is 0.254 e. The molecule has 110 valence electrons. The van der Waals surface area contributed by atoms with E-state index in [-0.39, 0.29) is 11.9 Å². The quantitative estimate of drug-likeness (QED) is 0.858. The number of anilines is 1. The molecule has 0 spiro atoms. The summed E-state index contributed by atoms with van der Waals surface area (Å²) in [5, 5.41) is 2.13. The Kier molecular flexibility index (Phi) is 3.72. The fraction of sp³-hybridized carbons (Fsp3) is 0.353. The lowest BCUT2D eigenvalue weighted by atomic mass is 9.96. The number of fused-ring (bicyclic) bond motifs is 1. The molecule has 0 saturated carbocycles. The zero-order chi connectivity index (χ0) is 15.0. The largest absolute Gasteiger partial charge is 0.398 e. The van der Waals surface area contributed by atoms with Crippen LogP contribution < -0.4 is 5.73 Å². The van der Waals surface area contributed by atoms with E-state index in [1.54, 1.807) is 17.4 Å². The molecule has 1 atom stereocenters. The molecule has 3 rings (SSSR count). The first kappa shape index (κ1) is 14.1. The standard InChI is InChI=1S/C17H20N2OS/c1-3-15-13-7-9-21-16(13)6-8-19(15)17(20)12-5-4-11(2)14(18)10-12/h4-5,7,9-10,15H,3,6,8,18H2,1-2H3. The lowest BCUT2D eigenvalue weighted by molar-refractivity contribution is 0.0657. The third-order valence-electron chi connectivity index (χ3n) is 4.27. The van der Waals surface area contributed by atoms with Gasteiger partial charge >= 0.3 is 0 Å². The Balaban J connectivity index is 1.92. The lowest BCUT2D eigenvalue weighted by Gasteiger charge is -2.35. The zero-order valence-corrected chi connectivity index (χ0v) is 13.2. The molecule has 0 bridgehead atoms. The van der Waals surface area contributed by atoms with Crippen LogP contribution in [-0.2, 0) is 6.42 Å². The smallest absolute Gasteiger partial charge is 0.254 e. The molecule has 0 radical (unpaired) electrons. The predicted molar refractivity (Wildman–Crippen MR) is 87.7 cm³/mol. The number of hydrogen-bond donors (Lipinski definition) is 1. The van der Waals surface area contributed by atoms with Crippen molar-refractivity contribution in [3.05, 3.63) is 51.2 Å². The number of nitrogens with two attached hydrogens (primary N) is 1. The van der Waals surface area contributed by atoms with E-state index >= 15 is 0 Å². The van der Waals surface area contributed by atoms with E-state index < -0.39 is 0 Å². The molecule has 1 unspecified atom stereocenters. The molecule has 0 aliphatic carbocycles. The summed E-state index contributed by atoms with van der Waals surface area (Å²) < 4.78 is 0. The van der Waals surface area contributed by atoms with Gasteiger partial charge in [-0.3, -0.25) is 4.79 Å². The van der Waals surface area contributed by atoms with Gasteiger partial charge in [-0.25, -0.2) is 0 Å². The molecule has 2 aromatic rings. The van der Waals surface area contributed by atoms with Crippen LogP contribution in [0.5, 0.6) is 0 Å². The van der Waals surface area contributed by atoms with Crippen molar-refractivity contribution in [2.75, 3.05) is 12.3 Å². The van der Waals surface area contributed by atoms with Gasteiger partial charge in [-0.05, 0) is 54.5 Å². The molecule has 1 aromatic heterocycles. The minimum Gasteiger partial charge on any atom is -0.398 e. The van der Waals surface area contributed by atoms with Crippen LogP contribution in [0.25, 0.3) is 0 Å². The normalized spacial score (nSPS) is 17.6. The number of carbonyl (C=O) groups excluding carboxylic acids is 1. The molecule has 3 nitrogen and oxygen atoms in total. The Morgan fingerprint density at radius 3 is 2.95 bits per heavy atom. The summed E-state index contributed by atoms with van der Waals surface area (Å²) in [5.41, 5.74) is 9.65. The van der Waals surface area contributed by atoms with E-state index in [0.717, 1.165) is 24.9 Å². The molecule has 1 aromatic carbocycles. The Hall–Kier alpha value is -1.81. The fourth-order valence-corrected chi connectivity index (χ4v) is 3.95. The Bertz CT molecular complexity index is 677. The summed E-state index contributed by atoms with van der Waals surface area (Å²) in [5.74, 6) is 0.0883. The van der Waals surface area contributed by atoms with Crippen molar-refractivity contribution in [2.45, 2.75) is 32.7 Å². The van der Waals surface area contributed by atoms with E-state index in [1.807, 2.05) is 24.0 Å². The molecule has 1 aliphatic heterocycles. The highest BCUT2D eigenvalue weighted by atomic mass is 32.1. The molecule has 0 fully saturated rings. The van der Waals surface area contributed by atoms with Crippen LogP contribution in [0.4, 0.5) is 5.69 Å². The first-order chi connectivity index (χ1) is 10.1. The summed E-state index contributed by atoms with van der Waals surface area (Å²) in [7, 11) is 0. The second-order valence-electron chi connectivity index (χ2n) is 5.54. The van der Waals surface area contributed by atoms with E-state index in [1.165, 1.54) is 10.4 Å². The third kappa shape index (κ3) is 2.44. The minimum atomic E-state index is 0.0883. The third-order valence-corrected chi connectivity index (χ3v) is 5.27. The maximum absolute atomic E-state index is 12.8. The average molecular weight is 300 g/mol. The van der Waals surface area contributed by atoms with Crippen LogP contribution in [0.1, 0.15) is 45.7 Å². The minimum absolute atomic E-state index is 0.0883. The summed E-state index contributed by atoms with van der Waals surface area (Å²) >= 11 is 1.80. The van der Waals surface area contributed by atoms with Crippen molar-refractivity contribution < 1.29 is 4.79 Å². The van der Waals surface area contributed by atoms with Gasteiger partial charge in [-0.15, -0.1) is 11.3 Å². The van der Waals surface area contributed by atoms with Gasteiger partial charge in [0.2, 0.25) is 0 Å². The molecular formula is C17H20N2OS. The van der Waals surface area contributed by atoms with Crippen molar-refractivity contribution >= 4 is 22.9 Å². The van der Waals surface area contributed by atoms with Gasteiger partial charge in [-0.2, -0.15) is 0 Å². The van der Waals surface area contributed by atoms with Crippen LogP contribution in [0, 0.1) is 6.92 Å². The second kappa shape index (κ2) is 5.53. The summed E-state index contributed by atoms with van der Waals surface area (Å²) in [6.07, 6.45) is 1.90. The molecule has 2 heterocycles. The van der Waals surface area contributed by atoms with Gasteiger partial charge in [-0.1, -0.05) is 13.0 Å². The molecule has 4 heteroatoms. The number of nitrogens with zero attached hydrogens (tertiary/aromatic N) is 1. The highest BCUT2D eigenvalue weighted by molar-refractivity contribution is 7.10. The highest BCUT2D eigenvalue weighted by Gasteiger charge is 2.30. The van der Waals surface area contributed by atoms with Gasteiger partial charge < -0.3 is 10.6 Å². The molecule has 2 N–H and O–H groups in total. The fourth-order valence-electron chi connectivity index (χ4n) is 3.02. The van der Waals surface area contributed by atoms with E-state index in [9.17, 15) is 4.79 Å². The average Bonchev–Trinajstić information content (AvgIpc) is 2.96. The Labute approximate surface area is 129 Å². The summed E-state index contributed by atoms with van der Waals surface area (Å²) in [6.45, 7) is 4.89. The SMILES string of the molecule is CCC1c2ccsc2CCN1C(=O)c1ccc(C)c(N)c1. The van der Waals surface area contributed by atoms with Crippen molar-refractivity contribution in [2.24, 2.45) is 0 Å². The number of nitrogen functional groups attached to an aromatic ring is 1. The zero-order valence-electron chi connectivity index (χ0n) is 12.4. The van der Waals surface area contributed by atoms with Crippen LogP contribution in [-0.4, -0.2) is 17.4 Å². The number of amides is 1. The van der Waals surface area contributed by atoms with Gasteiger partial charge in [0.1, 0.15) is 0 Å². The van der Waals surface area contributed by atoms with Crippen molar-refractivity contribution in [1.29, 1.82) is 0 Å². The first-order valence-electron chi connectivity index (χ1n) is 7.35. The number of thiophene rings is 1. The van der Waals surface area contributed by atoms with Gasteiger partial charge in [0.15, 0.2) is 0 Å². The van der Waals surface area contributed by atoms with Crippen molar-refractivity contribution in [3.8, 4) is 0 Å². The van der Waals surface area contributed by atoms with E-state index in [2.05, 4.69) is 18.4 Å². The highest BCUT2D eigenvalue weighted by Crippen LogP contribution is 2.36. The number of benzene rings is 1. The van der Waals surface area contributed by atoms with E-state index in [4.69, 9.17) is 5.73 Å². The number of carbonyl (C=O) groups is 1. The molecule has 1 amide bonds. The maximum atomic E-state index is 12.8. The van der Waals surface area contributed by atoms with Crippen molar-refractivity contribution in [3.63, 3.8) is 0 Å². The Morgan fingerprint density at radius 2 is 2.24 bits per heavy atom. The topological polar surface area (TPSA) is 46.3 Å². The number of hydrogen-bond acceptors (Lipinski definition) is 3. The van der Waals surface area contributed by atoms with Crippen LogP contribution in [0.15, 0.2) is 29.6 Å². The van der Waals surface area contributed by atoms with Gasteiger partial charge in [0.05, 0.1) is 6.04 Å². The van der Waals surface area contributed by atoms with E-state index in [0.29, 0.717) is 11.3 Å². The first-order valence-corrected chi connectivity index (χ1v) is 8.23. The van der Waals surface area contributed by atoms with Crippen LogP contribution in [0.2, 0.25) is 0 Å². The van der Waals surface area contributed by atoms with Crippen LogP contribution in [0.3, 0.4) is 0 Å². The summed E-state index contributed by atoms with van der Waals surface area (Å²) in [4.78, 5) is 16.3. The molecular weight excluding hydrogens is 280 g/mol. The molecule has 21 heavy (non-hydrogen) atoms. The molecule has 0 saturated heterocycles. The predicted octanol–water partition coefficient (Wildman–Crippen LogP) is 3.79. The lowest BCUT2D eigenvalue weighted by Crippen LogP contribution is -2.39. The van der Waals surface area contributed by atoms with Gasteiger partial charge in [0, 0.05) is 22.7 Å². The summed E-state index contributed by atoms with van der Waals surface area (Å²) in [6, 6.07) is 7.95. The van der Waals surface area contributed by atoms with Gasteiger partial charge in [0.25, 0.3) is 5.91 Å². The second-order valence-corrected chi connectivity index (χ2v) is 6.54. The number of rotatable bonds is 2.